The van der Waals surface area contributed by atoms with E-state index in [0.29, 0.717) is 0 Å². The predicted molar refractivity (Wildman–Crippen MR) is 50.8 cm³/mol. The zero-order chi connectivity index (χ0) is 11.6. The minimum absolute atomic E-state index is 0.603. The molecule has 0 aromatic heterocycles. The third kappa shape index (κ3) is 2.04. The van der Waals surface area contributed by atoms with Crippen LogP contribution in [-0.2, 0) is 4.74 Å². The molecule has 1 rings (SSSR count). The highest BCUT2D eigenvalue weighted by Gasteiger charge is 2.53. The Kier molecular flexibility index (Phi) is 3.79. The predicted octanol–water partition coefficient (Wildman–Crippen LogP) is -1.65. The van der Waals surface area contributed by atoms with Gasteiger partial charge in [-0.1, -0.05) is 5.11 Å². The first-order valence-corrected chi connectivity index (χ1v) is 4.58. The van der Waals surface area contributed by atoms with Gasteiger partial charge in [-0.3, -0.25) is 0 Å². The Morgan fingerprint density at radius 1 is 1.47 bits per heavy atom. The summed E-state index contributed by atoms with van der Waals surface area (Å²) in [6.45, 7) is -0.603. The highest BCUT2D eigenvalue weighted by molar-refractivity contribution is 7.80. The molecular weight excluding hydrogens is 226 g/mol. The van der Waals surface area contributed by atoms with Crippen molar-refractivity contribution in [1.29, 1.82) is 0 Å². The second-order valence-electron chi connectivity index (χ2n) is 3.11. The van der Waals surface area contributed by atoms with Crippen molar-refractivity contribution >= 4 is 12.6 Å². The standard InChI is InChI=1S/C6H11N3O5S/c7-9-8-6(13)3(11)2(1-10)14-5(15)4(6)12/h2-5,10-13,15H,1H2/t2-,3+,4+,5?,6+/m1/s1. The number of ether oxygens (including phenoxy) is 1. The van der Waals surface area contributed by atoms with Crippen molar-refractivity contribution < 1.29 is 25.2 Å². The topological polar surface area (TPSA) is 139 Å². The molecule has 86 valence electrons. The van der Waals surface area contributed by atoms with E-state index in [1.807, 2.05) is 0 Å². The molecule has 0 saturated carbocycles. The van der Waals surface area contributed by atoms with Gasteiger partial charge in [0, 0.05) is 4.91 Å². The molecule has 0 spiro atoms. The second-order valence-corrected chi connectivity index (χ2v) is 3.62. The number of hydrogen-bond acceptors (Lipinski definition) is 7. The highest BCUT2D eigenvalue weighted by atomic mass is 32.1. The van der Waals surface area contributed by atoms with Gasteiger partial charge < -0.3 is 25.2 Å². The minimum atomic E-state index is -2.45. The van der Waals surface area contributed by atoms with Crippen LogP contribution in [0.5, 0.6) is 0 Å². The molecule has 5 atom stereocenters. The van der Waals surface area contributed by atoms with E-state index in [1.165, 1.54) is 0 Å². The van der Waals surface area contributed by atoms with Crippen LogP contribution in [0.2, 0.25) is 0 Å². The number of aliphatic hydroxyl groups is 4. The van der Waals surface area contributed by atoms with Crippen LogP contribution in [0.4, 0.5) is 0 Å². The lowest BCUT2D eigenvalue weighted by atomic mass is 9.94. The first-order valence-electron chi connectivity index (χ1n) is 4.06. The molecule has 15 heavy (non-hydrogen) atoms. The van der Waals surface area contributed by atoms with Crippen LogP contribution < -0.4 is 0 Å². The summed E-state index contributed by atoms with van der Waals surface area (Å²) in [5.41, 5.74) is 4.60. The van der Waals surface area contributed by atoms with Gasteiger partial charge in [-0.15, -0.1) is 12.6 Å². The van der Waals surface area contributed by atoms with E-state index >= 15 is 0 Å². The van der Waals surface area contributed by atoms with Gasteiger partial charge in [0.1, 0.15) is 23.7 Å². The molecule has 4 N–H and O–H groups in total. The summed E-state index contributed by atoms with van der Waals surface area (Å²) < 4.78 is 4.87. The van der Waals surface area contributed by atoms with Crippen LogP contribution in [-0.4, -0.2) is 56.5 Å². The van der Waals surface area contributed by atoms with Gasteiger partial charge in [-0.05, 0) is 5.53 Å². The maximum Gasteiger partial charge on any atom is 0.201 e. The van der Waals surface area contributed by atoms with Gasteiger partial charge in [0.25, 0.3) is 0 Å². The number of nitrogens with zero attached hydrogens (tertiary/aromatic N) is 3. The summed E-state index contributed by atoms with van der Waals surface area (Å²) in [5.74, 6) is 0. The summed E-state index contributed by atoms with van der Waals surface area (Å²) in [4.78, 5) is 2.32. The lowest BCUT2D eigenvalue weighted by molar-refractivity contribution is -0.252. The fourth-order valence-electron chi connectivity index (χ4n) is 1.32. The van der Waals surface area contributed by atoms with Crippen molar-refractivity contribution in [1.82, 2.24) is 0 Å². The molecule has 9 heteroatoms. The van der Waals surface area contributed by atoms with Crippen LogP contribution in [0.3, 0.4) is 0 Å². The number of aliphatic hydroxyl groups excluding tert-OH is 3. The fourth-order valence-corrected chi connectivity index (χ4v) is 1.69. The molecule has 1 unspecified atom stereocenters. The van der Waals surface area contributed by atoms with Crippen LogP contribution >= 0.6 is 12.6 Å². The van der Waals surface area contributed by atoms with E-state index in [2.05, 4.69) is 22.7 Å². The number of azide groups is 1. The van der Waals surface area contributed by atoms with Crippen LogP contribution in [0, 0.1) is 0 Å². The third-order valence-electron chi connectivity index (χ3n) is 2.19. The summed E-state index contributed by atoms with van der Waals surface area (Å²) in [6, 6.07) is 0. The lowest BCUT2D eigenvalue weighted by Crippen LogP contribution is -2.64. The maximum absolute atomic E-state index is 9.72. The van der Waals surface area contributed by atoms with Crippen molar-refractivity contribution in [2.45, 2.75) is 29.5 Å². The molecule has 8 nitrogen and oxygen atoms in total. The van der Waals surface area contributed by atoms with Crippen LogP contribution in [0.1, 0.15) is 0 Å². The quantitative estimate of drug-likeness (QED) is 0.169. The van der Waals surface area contributed by atoms with Gasteiger partial charge in [0.2, 0.25) is 5.72 Å². The lowest BCUT2D eigenvalue weighted by Gasteiger charge is -2.43. The average Bonchev–Trinajstić information content (AvgIpc) is 2.21. The van der Waals surface area contributed by atoms with Crippen LogP contribution in [0.25, 0.3) is 10.4 Å². The third-order valence-corrected chi connectivity index (χ3v) is 2.60. The SMILES string of the molecule is [N-]=[N+]=N[C@@]1(O)[C@@H](O)C(S)O[C@H](CO)[C@@H]1O. The molecule has 0 radical (unpaired) electrons. The summed E-state index contributed by atoms with van der Waals surface area (Å²) in [5, 5.41) is 40.4. The molecule has 0 bridgehead atoms. The zero-order valence-electron chi connectivity index (χ0n) is 7.50. The Morgan fingerprint density at radius 3 is 2.53 bits per heavy atom. The van der Waals surface area contributed by atoms with Crippen molar-refractivity contribution in [2.24, 2.45) is 5.11 Å². The normalized spacial score (nSPS) is 45.9. The van der Waals surface area contributed by atoms with Crippen molar-refractivity contribution in [3.63, 3.8) is 0 Å². The molecule has 1 heterocycles. The van der Waals surface area contributed by atoms with Crippen LogP contribution in [0.15, 0.2) is 5.11 Å². The van der Waals surface area contributed by atoms with E-state index in [4.69, 9.17) is 15.4 Å². The van der Waals surface area contributed by atoms with E-state index in [1.54, 1.807) is 0 Å². The molecule has 0 aromatic rings. The van der Waals surface area contributed by atoms with E-state index in [9.17, 15) is 15.3 Å². The van der Waals surface area contributed by atoms with Gasteiger partial charge in [-0.2, -0.15) is 0 Å². The number of hydrogen-bond donors (Lipinski definition) is 5. The average molecular weight is 237 g/mol. The van der Waals surface area contributed by atoms with E-state index in [0.717, 1.165) is 0 Å². The van der Waals surface area contributed by atoms with Crippen molar-refractivity contribution in [3.8, 4) is 0 Å². The Balaban J connectivity index is 3.03. The molecule has 1 fully saturated rings. The summed E-state index contributed by atoms with van der Waals surface area (Å²) in [6.07, 6.45) is -4.59. The smallest absolute Gasteiger partial charge is 0.201 e. The molecule has 1 saturated heterocycles. The molecule has 0 amide bonds. The van der Waals surface area contributed by atoms with Gasteiger partial charge in [-0.25, -0.2) is 0 Å². The Labute approximate surface area is 90.1 Å². The first-order chi connectivity index (χ1) is 6.97. The van der Waals surface area contributed by atoms with E-state index in [-0.39, 0.29) is 0 Å². The highest BCUT2D eigenvalue weighted by Crippen LogP contribution is 2.32. The monoisotopic (exact) mass is 237 g/mol. The first kappa shape index (κ1) is 12.5. The Bertz CT molecular complexity index is 286. The van der Waals surface area contributed by atoms with Gasteiger partial charge in [0.05, 0.1) is 6.61 Å². The summed E-state index contributed by atoms with van der Waals surface area (Å²) in [7, 11) is 0. The van der Waals surface area contributed by atoms with Gasteiger partial charge in [0.15, 0.2) is 0 Å². The second kappa shape index (κ2) is 4.54. The van der Waals surface area contributed by atoms with Crippen molar-refractivity contribution in [3.05, 3.63) is 10.4 Å². The minimum Gasteiger partial charge on any atom is -0.394 e. The molecular formula is C6H11N3O5S. The maximum atomic E-state index is 9.72. The zero-order valence-corrected chi connectivity index (χ0v) is 8.40. The van der Waals surface area contributed by atoms with Gasteiger partial charge >= 0.3 is 0 Å². The molecule has 1 aliphatic rings. The molecule has 0 aromatic carbocycles. The van der Waals surface area contributed by atoms with E-state index < -0.39 is 36.1 Å². The largest absolute Gasteiger partial charge is 0.394 e. The van der Waals surface area contributed by atoms with Crippen molar-refractivity contribution in [2.75, 3.05) is 6.61 Å². The number of rotatable bonds is 2. The summed E-state index contributed by atoms with van der Waals surface area (Å²) >= 11 is 3.78. The Morgan fingerprint density at radius 2 is 2.07 bits per heavy atom. The number of thiol groups is 1. The molecule has 1 aliphatic heterocycles. The fraction of sp³-hybridized carbons (Fsp3) is 1.00. The Hall–Kier alpha value is -0.540. The molecule has 0 aliphatic carbocycles.